The molecule has 0 aliphatic rings. The van der Waals surface area contributed by atoms with Gasteiger partial charge in [-0.05, 0) is 6.07 Å². The molecule has 3 N–H and O–H groups in total. The Labute approximate surface area is 88.5 Å². The predicted octanol–water partition coefficient (Wildman–Crippen LogP) is 1.86. The van der Waals surface area contributed by atoms with Crippen LogP contribution in [0.2, 0.25) is 0 Å². The summed E-state index contributed by atoms with van der Waals surface area (Å²) in [6.45, 7) is 2.22. The molecule has 0 aliphatic carbocycles. The fourth-order valence-electron chi connectivity index (χ4n) is 1.79. The molecule has 1 aromatic carbocycles. The molecule has 0 bridgehead atoms. The van der Waals surface area contributed by atoms with Crippen molar-refractivity contribution in [1.82, 2.24) is 0 Å². The lowest BCUT2D eigenvalue weighted by atomic mass is 9.94. The Kier molecular flexibility index (Phi) is 2.75. The third kappa shape index (κ3) is 1.76. The van der Waals surface area contributed by atoms with E-state index in [1.807, 2.05) is 31.2 Å². The van der Waals surface area contributed by atoms with Crippen LogP contribution in [0.25, 0.3) is 11.0 Å². The van der Waals surface area contributed by atoms with Gasteiger partial charge in [0.25, 0.3) is 0 Å². The van der Waals surface area contributed by atoms with Gasteiger partial charge < -0.3 is 15.3 Å². The van der Waals surface area contributed by atoms with E-state index < -0.39 is 6.10 Å². The van der Waals surface area contributed by atoms with Gasteiger partial charge in [0.15, 0.2) is 0 Å². The van der Waals surface area contributed by atoms with Gasteiger partial charge in [0.2, 0.25) is 0 Å². The fourth-order valence-corrected chi connectivity index (χ4v) is 1.79. The number of rotatable bonds is 3. The van der Waals surface area contributed by atoms with Crippen LogP contribution in [0.4, 0.5) is 0 Å². The minimum atomic E-state index is -0.527. The van der Waals surface area contributed by atoms with Crippen LogP contribution >= 0.6 is 0 Å². The summed E-state index contributed by atoms with van der Waals surface area (Å²) in [5.41, 5.74) is 7.30. The number of hydrogen-bond acceptors (Lipinski definition) is 3. The second-order valence-corrected chi connectivity index (χ2v) is 3.78. The number of benzene rings is 1. The van der Waals surface area contributed by atoms with E-state index in [9.17, 15) is 5.11 Å². The number of hydrogen-bond donors (Lipinski definition) is 2. The van der Waals surface area contributed by atoms with Gasteiger partial charge in [-0.2, -0.15) is 0 Å². The quantitative estimate of drug-likeness (QED) is 0.804. The number of furan rings is 1. The average molecular weight is 205 g/mol. The van der Waals surface area contributed by atoms with Crippen molar-refractivity contribution in [3.63, 3.8) is 0 Å². The van der Waals surface area contributed by atoms with Crippen molar-refractivity contribution in [2.75, 3.05) is 6.54 Å². The predicted molar refractivity (Wildman–Crippen MR) is 59.7 cm³/mol. The summed E-state index contributed by atoms with van der Waals surface area (Å²) in [6, 6.07) is 7.84. The number of fused-ring (bicyclic) bond motifs is 1. The van der Waals surface area contributed by atoms with Crippen molar-refractivity contribution in [2.24, 2.45) is 5.73 Å². The second-order valence-electron chi connectivity index (χ2n) is 3.78. The molecule has 2 aromatic rings. The maximum atomic E-state index is 9.71. The first-order valence-electron chi connectivity index (χ1n) is 5.08. The summed E-state index contributed by atoms with van der Waals surface area (Å²) >= 11 is 0. The Morgan fingerprint density at radius 2 is 2.20 bits per heavy atom. The Morgan fingerprint density at radius 3 is 2.93 bits per heavy atom. The maximum absolute atomic E-state index is 9.71. The van der Waals surface area contributed by atoms with Gasteiger partial charge in [0.1, 0.15) is 5.58 Å². The molecular formula is C12H15NO2. The van der Waals surface area contributed by atoms with Crippen molar-refractivity contribution >= 4 is 11.0 Å². The number of para-hydroxylation sites is 1. The first-order chi connectivity index (χ1) is 7.24. The van der Waals surface area contributed by atoms with E-state index in [0.717, 1.165) is 16.5 Å². The van der Waals surface area contributed by atoms with Crippen LogP contribution in [0.3, 0.4) is 0 Å². The van der Waals surface area contributed by atoms with Gasteiger partial charge in [-0.15, -0.1) is 0 Å². The first kappa shape index (κ1) is 10.2. The molecular weight excluding hydrogens is 190 g/mol. The molecule has 15 heavy (non-hydrogen) atoms. The zero-order valence-corrected chi connectivity index (χ0v) is 8.68. The van der Waals surface area contributed by atoms with E-state index in [1.165, 1.54) is 0 Å². The van der Waals surface area contributed by atoms with Crippen LogP contribution in [0, 0.1) is 0 Å². The van der Waals surface area contributed by atoms with Crippen LogP contribution in [0.1, 0.15) is 18.4 Å². The van der Waals surface area contributed by atoms with Gasteiger partial charge in [-0.3, -0.25) is 0 Å². The molecule has 2 atom stereocenters. The van der Waals surface area contributed by atoms with Crippen molar-refractivity contribution in [2.45, 2.75) is 18.9 Å². The highest BCUT2D eigenvalue weighted by molar-refractivity contribution is 5.80. The van der Waals surface area contributed by atoms with Gasteiger partial charge in [-0.1, -0.05) is 25.1 Å². The van der Waals surface area contributed by atoms with Crippen molar-refractivity contribution in [1.29, 1.82) is 0 Å². The van der Waals surface area contributed by atoms with E-state index in [2.05, 4.69) is 0 Å². The Morgan fingerprint density at radius 1 is 1.40 bits per heavy atom. The Bertz CT molecular complexity index is 450. The van der Waals surface area contributed by atoms with Crippen LogP contribution < -0.4 is 5.73 Å². The van der Waals surface area contributed by atoms with E-state index >= 15 is 0 Å². The van der Waals surface area contributed by atoms with Crippen LogP contribution in [0.5, 0.6) is 0 Å². The van der Waals surface area contributed by atoms with E-state index in [4.69, 9.17) is 10.2 Å². The average Bonchev–Trinajstić information content (AvgIpc) is 2.74. The third-order valence-electron chi connectivity index (χ3n) is 2.82. The summed E-state index contributed by atoms with van der Waals surface area (Å²) in [4.78, 5) is 0. The largest absolute Gasteiger partial charge is 0.464 e. The first-order valence-corrected chi connectivity index (χ1v) is 5.08. The van der Waals surface area contributed by atoms with Gasteiger partial charge >= 0.3 is 0 Å². The number of aliphatic hydroxyl groups excluding tert-OH is 1. The molecule has 0 radical (unpaired) electrons. The SMILES string of the molecule is CC(c1cccc2ccoc12)C(O)CN. The van der Waals surface area contributed by atoms with Crippen molar-refractivity contribution in [3.8, 4) is 0 Å². The summed E-state index contributed by atoms with van der Waals surface area (Å²) in [5.74, 6) is -0.00940. The topological polar surface area (TPSA) is 59.4 Å². The molecule has 0 spiro atoms. The van der Waals surface area contributed by atoms with E-state index in [0.29, 0.717) is 0 Å². The monoisotopic (exact) mass is 205 g/mol. The number of aliphatic hydroxyl groups is 1. The van der Waals surface area contributed by atoms with E-state index in [-0.39, 0.29) is 12.5 Å². The normalized spacial score (nSPS) is 15.4. The van der Waals surface area contributed by atoms with Crippen molar-refractivity contribution < 1.29 is 9.52 Å². The lowest BCUT2D eigenvalue weighted by molar-refractivity contribution is 0.157. The smallest absolute Gasteiger partial charge is 0.137 e. The Hall–Kier alpha value is -1.32. The molecule has 1 heterocycles. The van der Waals surface area contributed by atoms with Crippen LogP contribution in [0.15, 0.2) is 34.9 Å². The molecule has 0 aliphatic heterocycles. The molecule has 2 unspecified atom stereocenters. The molecule has 3 nitrogen and oxygen atoms in total. The molecule has 1 aromatic heterocycles. The minimum Gasteiger partial charge on any atom is -0.464 e. The highest BCUT2D eigenvalue weighted by Gasteiger charge is 2.18. The standard InChI is InChI=1S/C12H15NO2/c1-8(11(14)7-13)10-4-2-3-9-5-6-15-12(9)10/h2-6,8,11,14H,7,13H2,1H3. The molecule has 0 amide bonds. The second kappa shape index (κ2) is 4.04. The Balaban J connectivity index is 2.46. The molecule has 3 heteroatoms. The number of nitrogens with two attached hydrogens (primary N) is 1. The summed E-state index contributed by atoms with van der Waals surface area (Å²) in [7, 11) is 0. The lowest BCUT2D eigenvalue weighted by Gasteiger charge is -2.17. The van der Waals surface area contributed by atoms with Gasteiger partial charge in [0, 0.05) is 23.4 Å². The minimum absolute atomic E-state index is 0.00940. The lowest BCUT2D eigenvalue weighted by Crippen LogP contribution is -2.25. The summed E-state index contributed by atoms with van der Waals surface area (Å²) < 4.78 is 5.41. The molecule has 80 valence electrons. The maximum Gasteiger partial charge on any atom is 0.137 e. The van der Waals surface area contributed by atoms with Gasteiger partial charge in [0.05, 0.1) is 12.4 Å². The van der Waals surface area contributed by atoms with Crippen LogP contribution in [-0.2, 0) is 0 Å². The molecule has 0 saturated carbocycles. The molecule has 0 saturated heterocycles. The van der Waals surface area contributed by atoms with Gasteiger partial charge in [-0.25, -0.2) is 0 Å². The van der Waals surface area contributed by atoms with Crippen molar-refractivity contribution in [3.05, 3.63) is 36.1 Å². The third-order valence-corrected chi connectivity index (χ3v) is 2.82. The zero-order chi connectivity index (χ0) is 10.8. The molecule has 2 rings (SSSR count). The highest BCUT2D eigenvalue weighted by Crippen LogP contribution is 2.28. The summed E-state index contributed by atoms with van der Waals surface area (Å²) in [5, 5.41) is 10.8. The zero-order valence-electron chi connectivity index (χ0n) is 8.68. The van der Waals surface area contributed by atoms with E-state index in [1.54, 1.807) is 6.26 Å². The summed E-state index contributed by atoms with van der Waals surface area (Å²) in [6.07, 6.45) is 1.14. The fraction of sp³-hybridized carbons (Fsp3) is 0.333. The molecule has 0 fully saturated rings. The highest BCUT2D eigenvalue weighted by atomic mass is 16.3. The van der Waals surface area contributed by atoms with Crippen LogP contribution in [-0.4, -0.2) is 17.8 Å².